The van der Waals surface area contributed by atoms with Crippen molar-refractivity contribution in [2.75, 3.05) is 49.6 Å². The van der Waals surface area contributed by atoms with Gasteiger partial charge in [0.15, 0.2) is 0 Å². The summed E-state index contributed by atoms with van der Waals surface area (Å²) in [5.74, 6) is 0.515. The highest BCUT2D eigenvalue weighted by molar-refractivity contribution is 5.82. The van der Waals surface area contributed by atoms with E-state index in [1.54, 1.807) is 32.7 Å². The largest absolute Gasteiger partial charge is 0.444 e. The lowest BCUT2D eigenvalue weighted by Gasteiger charge is -2.36. The Bertz CT molecular complexity index is 1280. The Hall–Kier alpha value is -4.21. The molecule has 10 heteroatoms. The first-order valence-electron chi connectivity index (χ1n) is 13.1. The quantitative estimate of drug-likeness (QED) is 0.493. The number of anilines is 2. The molecule has 2 aromatic heterocycles. The summed E-state index contributed by atoms with van der Waals surface area (Å²) >= 11 is 0. The van der Waals surface area contributed by atoms with E-state index in [4.69, 9.17) is 4.74 Å². The van der Waals surface area contributed by atoms with Crippen LogP contribution in [0.1, 0.15) is 32.0 Å². The summed E-state index contributed by atoms with van der Waals surface area (Å²) in [4.78, 5) is 44.1. The van der Waals surface area contributed by atoms with Crippen molar-refractivity contribution in [1.29, 1.82) is 0 Å². The molecule has 4 rings (SSSR count). The van der Waals surface area contributed by atoms with Crippen molar-refractivity contribution < 1.29 is 14.3 Å². The second-order valence-corrected chi connectivity index (χ2v) is 10.7. The van der Waals surface area contributed by atoms with Crippen LogP contribution in [0.5, 0.6) is 0 Å². The van der Waals surface area contributed by atoms with Gasteiger partial charge in [-0.05, 0) is 57.0 Å². The highest BCUT2D eigenvalue weighted by atomic mass is 16.6. The number of piperazine rings is 1. The number of carbonyl (C=O) groups excluding carboxylic acids is 2. The van der Waals surface area contributed by atoms with Gasteiger partial charge in [-0.2, -0.15) is 0 Å². The monoisotopic (exact) mass is 531 g/mol. The number of ether oxygens (including phenoxy) is 1. The van der Waals surface area contributed by atoms with E-state index in [9.17, 15) is 9.59 Å². The van der Waals surface area contributed by atoms with Gasteiger partial charge in [-0.1, -0.05) is 18.2 Å². The summed E-state index contributed by atoms with van der Waals surface area (Å²) in [5, 5.41) is 2.51. The zero-order valence-electron chi connectivity index (χ0n) is 23.3. The van der Waals surface area contributed by atoms with Crippen molar-refractivity contribution in [3.05, 3.63) is 66.2 Å². The molecule has 0 aliphatic carbocycles. The number of nitrogens with zero attached hydrogens (tertiary/aromatic N) is 6. The third kappa shape index (κ3) is 7.89. The standard InChI is InChI=1S/C29H37N7O3/c1-21-15-25(9-10-30-21)35-11-13-36(14-12-35)27-31-17-24(18-32-27)23-8-6-7-22(16-23)20-34(5)26(37)19-33-28(38)39-29(2,3)4/h6-10,15-18H,11-14,19-20H2,1-5H3,(H,33,38). The van der Waals surface area contributed by atoms with Crippen LogP contribution >= 0.6 is 0 Å². The maximum Gasteiger partial charge on any atom is 0.408 e. The molecule has 0 saturated carbocycles. The molecule has 39 heavy (non-hydrogen) atoms. The fourth-order valence-corrected chi connectivity index (χ4v) is 4.33. The van der Waals surface area contributed by atoms with Crippen LogP contribution in [-0.2, 0) is 16.1 Å². The first-order chi connectivity index (χ1) is 18.6. The molecule has 3 heterocycles. The number of hydrogen-bond acceptors (Lipinski definition) is 8. The highest BCUT2D eigenvalue weighted by Crippen LogP contribution is 2.23. The Morgan fingerprint density at radius 2 is 1.67 bits per heavy atom. The molecule has 10 nitrogen and oxygen atoms in total. The Labute approximate surface area is 230 Å². The Kier molecular flexibility index (Phi) is 8.63. The van der Waals surface area contributed by atoms with Crippen LogP contribution in [0.2, 0.25) is 0 Å². The van der Waals surface area contributed by atoms with Crippen molar-refractivity contribution in [2.24, 2.45) is 0 Å². The maximum atomic E-state index is 12.5. The first-order valence-corrected chi connectivity index (χ1v) is 13.1. The minimum Gasteiger partial charge on any atom is -0.444 e. The zero-order chi connectivity index (χ0) is 28.0. The number of carbonyl (C=O) groups is 2. The number of amides is 2. The lowest BCUT2D eigenvalue weighted by Crippen LogP contribution is -2.47. The number of benzene rings is 1. The smallest absolute Gasteiger partial charge is 0.408 e. The van der Waals surface area contributed by atoms with Gasteiger partial charge < -0.3 is 24.8 Å². The fraction of sp³-hybridized carbons (Fsp3) is 0.414. The van der Waals surface area contributed by atoms with E-state index in [-0.39, 0.29) is 12.5 Å². The molecule has 1 fully saturated rings. The SMILES string of the molecule is Cc1cc(N2CCN(c3ncc(-c4cccc(CN(C)C(=O)CNC(=O)OC(C)(C)C)c4)cn3)CC2)ccn1. The molecule has 0 spiro atoms. The predicted octanol–water partition coefficient (Wildman–Crippen LogP) is 3.66. The second kappa shape index (κ2) is 12.1. The first kappa shape index (κ1) is 27.8. The topological polar surface area (TPSA) is 104 Å². The number of nitrogens with one attached hydrogen (secondary N) is 1. The van der Waals surface area contributed by atoms with Crippen LogP contribution in [0.4, 0.5) is 16.4 Å². The summed E-state index contributed by atoms with van der Waals surface area (Å²) in [6.07, 6.45) is 4.94. The van der Waals surface area contributed by atoms with Crippen molar-refractivity contribution in [2.45, 2.75) is 39.8 Å². The molecule has 1 N–H and O–H groups in total. The van der Waals surface area contributed by atoms with Gasteiger partial charge in [-0.3, -0.25) is 9.78 Å². The van der Waals surface area contributed by atoms with Crippen molar-refractivity contribution in [1.82, 2.24) is 25.2 Å². The molecule has 1 aliphatic rings. The van der Waals surface area contributed by atoms with E-state index < -0.39 is 11.7 Å². The van der Waals surface area contributed by atoms with Crippen LogP contribution < -0.4 is 15.1 Å². The zero-order valence-corrected chi connectivity index (χ0v) is 23.3. The molecule has 0 unspecified atom stereocenters. The molecule has 3 aromatic rings. The molecule has 0 bridgehead atoms. The second-order valence-electron chi connectivity index (χ2n) is 10.7. The lowest BCUT2D eigenvalue weighted by molar-refractivity contribution is -0.129. The number of rotatable bonds is 7. The third-order valence-electron chi connectivity index (χ3n) is 6.33. The highest BCUT2D eigenvalue weighted by Gasteiger charge is 2.20. The van der Waals surface area contributed by atoms with Gasteiger partial charge in [0.05, 0.1) is 0 Å². The number of hydrogen-bond donors (Lipinski definition) is 1. The van der Waals surface area contributed by atoms with Gasteiger partial charge in [0, 0.05) is 75.3 Å². The maximum absolute atomic E-state index is 12.5. The van der Waals surface area contributed by atoms with Crippen LogP contribution in [0.25, 0.3) is 11.1 Å². The third-order valence-corrected chi connectivity index (χ3v) is 6.33. The predicted molar refractivity (Wildman–Crippen MR) is 152 cm³/mol. The fourth-order valence-electron chi connectivity index (χ4n) is 4.33. The Morgan fingerprint density at radius 3 is 2.33 bits per heavy atom. The summed E-state index contributed by atoms with van der Waals surface area (Å²) < 4.78 is 5.18. The van der Waals surface area contributed by atoms with Gasteiger partial charge >= 0.3 is 6.09 Å². The van der Waals surface area contributed by atoms with E-state index in [1.165, 1.54) is 5.69 Å². The van der Waals surface area contributed by atoms with Gasteiger partial charge in [-0.25, -0.2) is 14.8 Å². The van der Waals surface area contributed by atoms with E-state index >= 15 is 0 Å². The lowest BCUT2D eigenvalue weighted by atomic mass is 10.1. The molecular formula is C29H37N7O3. The summed E-state index contributed by atoms with van der Waals surface area (Å²) in [7, 11) is 1.71. The Morgan fingerprint density at radius 1 is 0.974 bits per heavy atom. The van der Waals surface area contributed by atoms with Gasteiger partial charge in [0.2, 0.25) is 11.9 Å². The van der Waals surface area contributed by atoms with E-state index in [0.29, 0.717) is 6.54 Å². The average molecular weight is 532 g/mol. The van der Waals surface area contributed by atoms with Crippen LogP contribution in [0.15, 0.2) is 55.0 Å². The van der Waals surface area contributed by atoms with Crippen LogP contribution in [0, 0.1) is 6.92 Å². The van der Waals surface area contributed by atoms with Crippen molar-refractivity contribution >= 4 is 23.6 Å². The van der Waals surface area contributed by atoms with Crippen molar-refractivity contribution in [3.63, 3.8) is 0 Å². The average Bonchev–Trinajstić information content (AvgIpc) is 2.91. The number of aryl methyl sites for hydroxylation is 1. The van der Waals surface area contributed by atoms with Crippen LogP contribution in [-0.4, -0.2) is 77.2 Å². The summed E-state index contributed by atoms with van der Waals surface area (Å²) in [5.41, 5.74) is 4.45. The van der Waals surface area contributed by atoms with E-state index in [0.717, 1.165) is 54.5 Å². The van der Waals surface area contributed by atoms with Gasteiger partial charge in [0.25, 0.3) is 0 Å². The summed E-state index contributed by atoms with van der Waals surface area (Å²) in [6, 6.07) is 12.1. The molecule has 206 valence electrons. The minimum atomic E-state index is -0.615. The van der Waals surface area contributed by atoms with E-state index in [2.05, 4.69) is 42.2 Å². The molecule has 2 amide bonds. The Balaban J connectivity index is 1.31. The number of alkyl carbamates (subject to hydrolysis) is 1. The number of pyridine rings is 1. The molecule has 1 aliphatic heterocycles. The van der Waals surface area contributed by atoms with Crippen LogP contribution in [0.3, 0.4) is 0 Å². The van der Waals surface area contributed by atoms with Gasteiger partial charge in [0.1, 0.15) is 12.1 Å². The van der Waals surface area contributed by atoms with E-state index in [1.807, 2.05) is 49.8 Å². The van der Waals surface area contributed by atoms with Gasteiger partial charge in [-0.15, -0.1) is 0 Å². The van der Waals surface area contributed by atoms with Crippen molar-refractivity contribution in [3.8, 4) is 11.1 Å². The summed E-state index contributed by atoms with van der Waals surface area (Å²) in [6.45, 7) is 11.1. The molecule has 0 radical (unpaired) electrons. The molecule has 0 atom stereocenters. The molecule has 1 saturated heterocycles. The number of aromatic nitrogens is 3. The molecule has 1 aromatic carbocycles. The molecular weight excluding hydrogens is 494 g/mol. The number of likely N-dealkylation sites (N-methyl/N-ethyl adjacent to an activating group) is 1. The minimum absolute atomic E-state index is 0.128. The normalized spacial score (nSPS) is 13.7.